The van der Waals surface area contributed by atoms with Gasteiger partial charge in [-0.15, -0.1) is 0 Å². The largest absolute Gasteiger partial charge is 0.354 e. The predicted molar refractivity (Wildman–Crippen MR) is 65.2 cm³/mol. The van der Waals surface area contributed by atoms with Gasteiger partial charge in [0.25, 0.3) is 0 Å². The smallest absolute Gasteiger partial charge is 0.171 e. The van der Waals surface area contributed by atoms with Crippen molar-refractivity contribution in [3.8, 4) is 6.07 Å². The van der Waals surface area contributed by atoms with Gasteiger partial charge in [0.15, 0.2) is 6.29 Å². The van der Waals surface area contributed by atoms with Crippen molar-refractivity contribution in [2.75, 3.05) is 14.2 Å². The lowest BCUT2D eigenvalue weighted by Crippen LogP contribution is -2.39. The molecule has 98 valence electrons. The summed E-state index contributed by atoms with van der Waals surface area (Å²) in [7, 11) is 3.13. The van der Waals surface area contributed by atoms with Gasteiger partial charge in [0.1, 0.15) is 11.9 Å². The van der Waals surface area contributed by atoms with Gasteiger partial charge >= 0.3 is 0 Å². The Bertz CT molecular complexity index is 427. The zero-order valence-electron chi connectivity index (χ0n) is 10.7. The van der Waals surface area contributed by atoms with E-state index in [0.717, 1.165) is 5.56 Å². The summed E-state index contributed by atoms with van der Waals surface area (Å²) >= 11 is 0. The molecular weight excluding hydrogens is 235 g/mol. The molecule has 4 nitrogen and oxygen atoms in total. The molecule has 0 aliphatic heterocycles. The van der Waals surface area contributed by atoms with Crippen LogP contribution in [0.3, 0.4) is 0 Å². The van der Waals surface area contributed by atoms with Gasteiger partial charge in [-0.25, -0.2) is 4.39 Å². The van der Waals surface area contributed by atoms with Gasteiger partial charge in [-0.3, -0.25) is 0 Å². The van der Waals surface area contributed by atoms with E-state index in [4.69, 9.17) is 14.7 Å². The van der Waals surface area contributed by atoms with E-state index in [9.17, 15) is 4.39 Å². The number of methoxy groups -OCH3 is 2. The van der Waals surface area contributed by atoms with Crippen LogP contribution in [0.25, 0.3) is 0 Å². The number of hydrogen-bond acceptors (Lipinski definition) is 4. The first-order chi connectivity index (χ1) is 8.62. The lowest BCUT2D eigenvalue weighted by molar-refractivity contribution is -0.119. The molecule has 0 aromatic heterocycles. The molecule has 1 aromatic rings. The molecule has 1 unspecified atom stereocenters. The van der Waals surface area contributed by atoms with E-state index < -0.39 is 5.82 Å². The van der Waals surface area contributed by atoms with Gasteiger partial charge in [0, 0.05) is 20.8 Å². The van der Waals surface area contributed by atoms with Crippen LogP contribution in [0.1, 0.15) is 18.1 Å². The molecule has 0 spiro atoms. The van der Waals surface area contributed by atoms with Crippen molar-refractivity contribution in [3.05, 3.63) is 35.1 Å². The Labute approximate surface area is 106 Å². The summed E-state index contributed by atoms with van der Waals surface area (Å²) in [6.45, 7) is 2.44. The minimum Gasteiger partial charge on any atom is -0.354 e. The molecule has 18 heavy (non-hydrogen) atoms. The van der Waals surface area contributed by atoms with Crippen LogP contribution in [0.5, 0.6) is 0 Å². The Morgan fingerprint density at radius 2 is 2.06 bits per heavy atom. The van der Waals surface area contributed by atoms with Crippen LogP contribution in [-0.4, -0.2) is 26.6 Å². The summed E-state index contributed by atoms with van der Waals surface area (Å²) in [5.74, 6) is -0.499. The molecular formula is C13H17FN2O2. The monoisotopic (exact) mass is 252 g/mol. The molecule has 1 N–H and O–H groups in total. The van der Waals surface area contributed by atoms with Crippen molar-refractivity contribution < 1.29 is 13.9 Å². The van der Waals surface area contributed by atoms with Crippen molar-refractivity contribution in [1.29, 1.82) is 5.26 Å². The van der Waals surface area contributed by atoms with E-state index >= 15 is 0 Å². The van der Waals surface area contributed by atoms with Crippen molar-refractivity contribution in [2.45, 2.75) is 25.8 Å². The van der Waals surface area contributed by atoms with E-state index in [-0.39, 0.29) is 17.9 Å². The second kappa shape index (κ2) is 7.07. The fourth-order valence-corrected chi connectivity index (χ4v) is 1.65. The van der Waals surface area contributed by atoms with Crippen molar-refractivity contribution in [2.24, 2.45) is 0 Å². The number of nitrogens with one attached hydrogen (secondary N) is 1. The maximum absolute atomic E-state index is 13.1. The van der Waals surface area contributed by atoms with Gasteiger partial charge in [-0.2, -0.15) is 5.26 Å². The second-order valence-corrected chi connectivity index (χ2v) is 3.94. The molecule has 0 aliphatic rings. The molecule has 0 radical (unpaired) electrons. The first-order valence-corrected chi connectivity index (χ1v) is 5.59. The molecule has 1 rings (SSSR count). The number of nitrogens with zero attached hydrogens (tertiary/aromatic N) is 1. The standard InChI is InChI=1S/C13H17FN2O2/c1-9(13(17-2)18-3)16-8-10-4-5-12(14)11(6-10)7-15/h4-6,9,13,16H,8H2,1-3H3. The van der Waals surface area contributed by atoms with E-state index in [1.165, 1.54) is 12.1 Å². The van der Waals surface area contributed by atoms with Crippen molar-refractivity contribution >= 4 is 0 Å². The number of halogens is 1. The molecule has 0 bridgehead atoms. The highest BCUT2D eigenvalue weighted by atomic mass is 19.1. The third-order valence-electron chi connectivity index (χ3n) is 2.65. The summed E-state index contributed by atoms with van der Waals surface area (Å²) in [4.78, 5) is 0. The molecule has 5 heteroatoms. The van der Waals surface area contributed by atoms with Crippen LogP contribution in [0, 0.1) is 17.1 Å². The van der Waals surface area contributed by atoms with Gasteiger partial charge in [0.05, 0.1) is 11.6 Å². The summed E-state index contributed by atoms with van der Waals surface area (Å²) in [5, 5.41) is 11.9. The van der Waals surface area contributed by atoms with Gasteiger partial charge in [0.2, 0.25) is 0 Å². The van der Waals surface area contributed by atoms with E-state index in [1.807, 2.05) is 13.0 Å². The quantitative estimate of drug-likeness (QED) is 0.784. The van der Waals surface area contributed by atoms with Gasteiger partial charge < -0.3 is 14.8 Å². The highest BCUT2D eigenvalue weighted by molar-refractivity contribution is 5.34. The van der Waals surface area contributed by atoms with Crippen LogP contribution in [0.15, 0.2) is 18.2 Å². The lowest BCUT2D eigenvalue weighted by atomic mass is 10.1. The van der Waals surface area contributed by atoms with Crippen LogP contribution in [-0.2, 0) is 16.0 Å². The van der Waals surface area contributed by atoms with Crippen molar-refractivity contribution in [3.63, 3.8) is 0 Å². The van der Waals surface area contributed by atoms with E-state index in [1.54, 1.807) is 20.3 Å². The zero-order valence-corrected chi connectivity index (χ0v) is 10.7. The number of nitriles is 1. The fourth-order valence-electron chi connectivity index (χ4n) is 1.65. The Hall–Kier alpha value is -1.48. The number of hydrogen-bond donors (Lipinski definition) is 1. The van der Waals surface area contributed by atoms with Gasteiger partial charge in [-0.05, 0) is 24.6 Å². The maximum atomic E-state index is 13.1. The molecule has 1 atom stereocenters. The summed E-state index contributed by atoms with van der Waals surface area (Å²) in [6, 6.07) is 6.27. The molecule has 0 saturated carbocycles. The fraction of sp³-hybridized carbons (Fsp3) is 0.462. The highest BCUT2D eigenvalue weighted by Gasteiger charge is 2.14. The van der Waals surface area contributed by atoms with Crippen molar-refractivity contribution in [1.82, 2.24) is 5.32 Å². The summed E-state index contributed by atoms with van der Waals surface area (Å²) < 4.78 is 23.4. The normalized spacial score (nSPS) is 12.4. The Kier molecular flexibility index (Phi) is 5.72. The number of rotatable bonds is 6. The minimum absolute atomic E-state index is 0.0180. The number of ether oxygens (including phenoxy) is 2. The first kappa shape index (κ1) is 14.6. The van der Waals surface area contributed by atoms with E-state index in [0.29, 0.717) is 6.54 Å². The predicted octanol–water partition coefficient (Wildman–Crippen LogP) is 1.79. The first-order valence-electron chi connectivity index (χ1n) is 5.59. The average Bonchev–Trinajstić information content (AvgIpc) is 2.39. The maximum Gasteiger partial charge on any atom is 0.171 e. The highest BCUT2D eigenvalue weighted by Crippen LogP contribution is 2.10. The molecule has 0 amide bonds. The summed E-state index contributed by atoms with van der Waals surface area (Å²) in [5.41, 5.74) is 0.891. The van der Waals surface area contributed by atoms with Crippen LogP contribution in [0.2, 0.25) is 0 Å². The minimum atomic E-state index is -0.499. The zero-order chi connectivity index (χ0) is 13.5. The van der Waals surface area contributed by atoms with Crippen LogP contribution >= 0.6 is 0 Å². The molecule has 0 aliphatic carbocycles. The van der Waals surface area contributed by atoms with Gasteiger partial charge in [-0.1, -0.05) is 6.07 Å². The molecule has 0 saturated heterocycles. The molecule has 1 aromatic carbocycles. The number of benzene rings is 1. The second-order valence-electron chi connectivity index (χ2n) is 3.94. The Morgan fingerprint density at radius 1 is 1.39 bits per heavy atom. The Balaban J connectivity index is 2.61. The molecule has 0 fully saturated rings. The Morgan fingerprint density at radius 3 is 2.61 bits per heavy atom. The third kappa shape index (κ3) is 3.77. The topological polar surface area (TPSA) is 54.3 Å². The third-order valence-corrected chi connectivity index (χ3v) is 2.65. The lowest BCUT2D eigenvalue weighted by Gasteiger charge is -2.22. The molecule has 0 heterocycles. The summed E-state index contributed by atoms with van der Waals surface area (Å²) in [6.07, 6.45) is -0.346. The average molecular weight is 252 g/mol. The van der Waals surface area contributed by atoms with Crippen LogP contribution < -0.4 is 5.32 Å². The van der Waals surface area contributed by atoms with E-state index in [2.05, 4.69) is 5.32 Å². The van der Waals surface area contributed by atoms with Crippen LogP contribution in [0.4, 0.5) is 4.39 Å². The SMILES string of the molecule is COC(OC)C(C)NCc1ccc(F)c(C#N)c1.